The van der Waals surface area contributed by atoms with Gasteiger partial charge in [0.05, 0.1) is 5.92 Å². The summed E-state index contributed by atoms with van der Waals surface area (Å²) in [6, 6.07) is 5.65. The molecule has 5 heteroatoms. The molecule has 1 aromatic carbocycles. The van der Waals surface area contributed by atoms with Crippen LogP contribution in [-0.2, 0) is 4.79 Å². The van der Waals surface area contributed by atoms with Gasteiger partial charge in [-0.2, -0.15) is 0 Å². The van der Waals surface area contributed by atoms with E-state index in [2.05, 4.69) is 4.90 Å². The van der Waals surface area contributed by atoms with E-state index in [-0.39, 0.29) is 23.8 Å². The maximum atomic E-state index is 13.0. The molecule has 3 saturated heterocycles. The Labute approximate surface area is 154 Å². The molecule has 2 atom stereocenters. The molecule has 1 aromatic rings. The lowest BCUT2D eigenvalue weighted by molar-refractivity contribution is -0.141. The first kappa shape index (κ1) is 16.9. The number of fused-ring (bicyclic) bond motifs is 4. The molecule has 25 heavy (non-hydrogen) atoms. The lowest BCUT2D eigenvalue weighted by Gasteiger charge is -2.40. The Bertz CT molecular complexity index is 701. The van der Waals surface area contributed by atoms with E-state index in [9.17, 15) is 9.59 Å². The van der Waals surface area contributed by atoms with Crippen LogP contribution in [0.4, 0.5) is 0 Å². The van der Waals surface area contributed by atoms with Gasteiger partial charge in [-0.3, -0.25) is 9.59 Å². The number of aryl methyl sites for hydroxylation is 1. The topological polar surface area (TPSA) is 40.6 Å². The summed E-state index contributed by atoms with van der Waals surface area (Å²) < 4.78 is 0. The molecule has 5 rings (SSSR count). The van der Waals surface area contributed by atoms with Crippen LogP contribution >= 0.6 is 11.6 Å². The molecule has 2 bridgehead atoms. The third kappa shape index (κ3) is 3.17. The van der Waals surface area contributed by atoms with Crippen LogP contribution in [0.2, 0.25) is 5.02 Å². The SMILES string of the molecule is Cc1ccc(C(=O)N2C[C@H]3CC[C@@H](C2)N(CC2CCC2)C3=O)cc1Cl. The van der Waals surface area contributed by atoms with Crippen molar-refractivity contribution < 1.29 is 9.59 Å². The van der Waals surface area contributed by atoms with Gasteiger partial charge >= 0.3 is 0 Å². The number of benzene rings is 1. The van der Waals surface area contributed by atoms with E-state index >= 15 is 0 Å². The minimum absolute atomic E-state index is 0.00269. The van der Waals surface area contributed by atoms with Crippen LogP contribution in [0, 0.1) is 18.8 Å². The zero-order chi connectivity index (χ0) is 17.6. The number of carbonyl (C=O) groups is 2. The smallest absolute Gasteiger partial charge is 0.253 e. The third-order valence-corrected chi connectivity index (χ3v) is 6.59. The predicted molar refractivity (Wildman–Crippen MR) is 97.7 cm³/mol. The molecule has 2 amide bonds. The Balaban J connectivity index is 1.53. The van der Waals surface area contributed by atoms with Gasteiger partial charge in [0, 0.05) is 36.3 Å². The molecule has 4 aliphatic rings. The highest BCUT2D eigenvalue weighted by atomic mass is 35.5. The highest BCUT2D eigenvalue weighted by Gasteiger charge is 2.43. The van der Waals surface area contributed by atoms with E-state index in [4.69, 9.17) is 11.6 Å². The van der Waals surface area contributed by atoms with E-state index in [1.54, 1.807) is 6.07 Å². The van der Waals surface area contributed by atoms with Gasteiger partial charge in [0.2, 0.25) is 5.91 Å². The number of amides is 2. The van der Waals surface area contributed by atoms with Crippen LogP contribution in [0.1, 0.15) is 48.0 Å². The van der Waals surface area contributed by atoms with Crippen molar-refractivity contribution in [2.45, 2.75) is 45.1 Å². The summed E-state index contributed by atoms with van der Waals surface area (Å²) in [7, 11) is 0. The van der Waals surface area contributed by atoms with Gasteiger partial charge in [0.1, 0.15) is 0 Å². The molecular formula is C20H25ClN2O2. The standard InChI is InChI=1S/C20H25ClN2O2/c1-13-5-6-15(9-18(13)21)19(24)22-11-16-7-8-17(12-22)23(20(16)25)10-14-3-2-4-14/h5-6,9,14,16-17H,2-4,7-8,10-12H2,1H3/t16-,17+/m1/s1. The molecule has 134 valence electrons. The zero-order valence-corrected chi connectivity index (χ0v) is 15.5. The van der Waals surface area contributed by atoms with Crippen molar-refractivity contribution in [3.8, 4) is 0 Å². The van der Waals surface area contributed by atoms with Gasteiger partial charge in [-0.1, -0.05) is 24.1 Å². The average molecular weight is 361 g/mol. The number of rotatable bonds is 3. The third-order valence-electron chi connectivity index (χ3n) is 6.18. The summed E-state index contributed by atoms with van der Waals surface area (Å²) in [6.07, 6.45) is 5.70. The summed E-state index contributed by atoms with van der Waals surface area (Å²) in [6.45, 7) is 4.01. The van der Waals surface area contributed by atoms with E-state index in [0.29, 0.717) is 29.6 Å². The average Bonchev–Trinajstić information content (AvgIpc) is 2.84. The lowest BCUT2D eigenvalue weighted by atomic mass is 9.83. The van der Waals surface area contributed by atoms with Crippen LogP contribution in [0.25, 0.3) is 0 Å². The van der Waals surface area contributed by atoms with Crippen molar-refractivity contribution >= 4 is 23.4 Å². The van der Waals surface area contributed by atoms with Crippen molar-refractivity contribution in [3.63, 3.8) is 0 Å². The molecule has 0 N–H and O–H groups in total. The fourth-order valence-corrected chi connectivity index (χ4v) is 4.49. The first-order valence-electron chi connectivity index (χ1n) is 9.39. The van der Waals surface area contributed by atoms with E-state index < -0.39 is 0 Å². The minimum atomic E-state index is -0.0382. The molecular weight excluding hydrogens is 336 g/mol. The van der Waals surface area contributed by atoms with Gasteiger partial charge in [-0.15, -0.1) is 0 Å². The number of carbonyl (C=O) groups excluding carboxylic acids is 2. The second-order valence-electron chi connectivity index (χ2n) is 7.89. The lowest BCUT2D eigenvalue weighted by Crippen LogP contribution is -2.50. The minimum Gasteiger partial charge on any atom is -0.337 e. The highest BCUT2D eigenvalue weighted by Crippen LogP contribution is 2.34. The van der Waals surface area contributed by atoms with Crippen LogP contribution < -0.4 is 0 Å². The fourth-order valence-electron chi connectivity index (χ4n) is 4.31. The number of hydrogen-bond acceptors (Lipinski definition) is 2. The molecule has 3 heterocycles. The van der Waals surface area contributed by atoms with Crippen LogP contribution in [-0.4, -0.2) is 47.3 Å². The molecule has 4 fully saturated rings. The number of nitrogens with zero attached hydrogens (tertiary/aromatic N) is 2. The van der Waals surface area contributed by atoms with E-state index in [0.717, 1.165) is 24.9 Å². The largest absolute Gasteiger partial charge is 0.337 e. The van der Waals surface area contributed by atoms with Gasteiger partial charge in [0.15, 0.2) is 0 Å². The Morgan fingerprint density at radius 1 is 1.20 bits per heavy atom. The van der Waals surface area contributed by atoms with Crippen LogP contribution in [0.15, 0.2) is 18.2 Å². The molecule has 4 nitrogen and oxygen atoms in total. The first-order valence-corrected chi connectivity index (χ1v) is 9.76. The monoisotopic (exact) mass is 360 g/mol. The Morgan fingerprint density at radius 3 is 2.68 bits per heavy atom. The van der Waals surface area contributed by atoms with Crippen molar-refractivity contribution in [2.24, 2.45) is 11.8 Å². The van der Waals surface area contributed by atoms with Crippen molar-refractivity contribution in [1.29, 1.82) is 0 Å². The van der Waals surface area contributed by atoms with E-state index in [1.807, 2.05) is 24.0 Å². The Morgan fingerprint density at radius 2 is 2.00 bits per heavy atom. The molecule has 0 spiro atoms. The summed E-state index contributed by atoms with van der Waals surface area (Å²) in [5.41, 5.74) is 1.59. The van der Waals surface area contributed by atoms with Crippen molar-refractivity contribution in [2.75, 3.05) is 19.6 Å². The number of piperidine rings is 1. The van der Waals surface area contributed by atoms with Crippen LogP contribution in [0.3, 0.4) is 0 Å². The maximum absolute atomic E-state index is 13.0. The zero-order valence-electron chi connectivity index (χ0n) is 14.7. The summed E-state index contributed by atoms with van der Waals surface area (Å²) >= 11 is 6.19. The maximum Gasteiger partial charge on any atom is 0.253 e. The van der Waals surface area contributed by atoms with Crippen molar-refractivity contribution in [1.82, 2.24) is 9.80 Å². The molecule has 3 aliphatic heterocycles. The molecule has 0 radical (unpaired) electrons. The quantitative estimate of drug-likeness (QED) is 0.827. The Hall–Kier alpha value is -1.55. The fraction of sp³-hybridized carbons (Fsp3) is 0.600. The molecule has 0 aromatic heterocycles. The summed E-state index contributed by atoms with van der Waals surface area (Å²) in [5, 5.41) is 0.617. The number of halogens is 1. The highest BCUT2D eigenvalue weighted by molar-refractivity contribution is 6.31. The summed E-state index contributed by atoms with van der Waals surface area (Å²) in [5.74, 6) is 0.893. The second kappa shape index (κ2) is 6.64. The van der Waals surface area contributed by atoms with Gasteiger partial charge in [-0.25, -0.2) is 0 Å². The van der Waals surface area contributed by atoms with E-state index in [1.165, 1.54) is 19.3 Å². The normalized spacial score (nSPS) is 26.6. The van der Waals surface area contributed by atoms with Crippen molar-refractivity contribution in [3.05, 3.63) is 34.3 Å². The first-order chi connectivity index (χ1) is 12.0. The van der Waals surface area contributed by atoms with Gasteiger partial charge in [0.25, 0.3) is 5.91 Å². The summed E-state index contributed by atoms with van der Waals surface area (Å²) in [4.78, 5) is 29.8. The van der Waals surface area contributed by atoms with Crippen LogP contribution in [0.5, 0.6) is 0 Å². The molecule has 0 unspecified atom stereocenters. The van der Waals surface area contributed by atoms with Gasteiger partial charge in [-0.05, 0) is 56.2 Å². The molecule has 1 aliphatic carbocycles. The van der Waals surface area contributed by atoms with Gasteiger partial charge < -0.3 is 9.80 Å². The molecule has 1 saturated carbocycles. The predicted octanol–water partition coefficient (Wildman–Crippen LogP) is 3.51. The second-order valence-corrected chi connectivity index (χ2v) is 8.30. The number of hydrogen-bond donors (Lipinski definition) is 0. The Kier molecular flexibility index (Phi) is 4.48.